The number of nitrogens with zero attached hydrogens (tertiary/aromatic N) is 1. The van der Waals surface area contributed by atoms with E-state index in [2.05, 4.69) is 54.2 Å². The molecule has 2 heterocycles. The number of carbonyl (C=O) groups is 1. The van der Waals surface area contributed by atoms with Crippen LogP contribution >= 0.6 is 0 Å². The Bertz CT molecular complexity index is 1260. The number of fused-ring (bicyclic) bond motifs is 1. The lowest BCUT2D eigenvalue weighted by Crippen LogP contribution is -2.40. The van der Waals surface area contributed by atoms with Crippen molar-refractivity contribution in [3.63, 3.8) is 0 Å². The molecular weight excluding hydrogens is 436 g/mol. The van der Waals surface area contributed by atoms with Crippen molar-refractivity contribution in [1.29, 1.82) is 0 Å². The van der Waals surface area contributed by atoms with E-state index in [0.29, 0.717) is 24.3 Å². The third-order valence-electron chi connectivity index (χ3n) is 6.85. The molecule has 2 N–H and O–H groups in total. The molecule has 0 aliphatic rings. The van der Waals surface area contributed by atoms with Gasteiger partial charge in [-0.25, -0.2) is 4.79 Å². The van der Waals surface area contributed by atoms with Crippen LogP contribution in [0.1, 0.15) is 49.3 Å². The number of hydrogen-bond acceptors (Lipinski definition) is 5. The molecule has 7 nitrogen and oxygen atoms in total. The highest BCUT2D eigenvalue weighted by Gasteiger charge is 2.37. The first-order chi connectivity index (χ1) is 15.3. The molecule has 0 fully saturated rings. The number of aryl methyl sites for hydroxylation is 1. The van der Waals surface area contributed by atoms with Crippen LogP contribution < -0.4 is 5.56 Å². The van der Waals surface area contributed by atoms with Gasteiger partial charge in [0.1, 0.15) is 5.75 Å². The van der Waals surface area contributed by atoms with Crippen LogP contribution in [0.5, 0.6) is 5.75 Å². The van der Waals surface area contributed by atoms with E-state index in [1.165, 1.54) is 7.11 Å². The normalized spacial score (nSPS) is 12.4. The predicted molar refractivity (Wildman–Crippen MR) is 133 cm³/mol. The SMILES string of the molecule is CCc1c(-c2ccc3c(c2)cc(CO[Si](C)(C)C(C)(C)C)n3C)[nH]c(=O)c(C(=O)OC)c1O. The maximum Gasteiger partial charge on any atom is 0.347 e. The molecule has 0 unspecified atom stereocenters. The molecule has 0 spiro atoms. The Labute approximate surface area is 195 Å². The zero-order valence-corrected chi connectivity index (χ0v) is 21.8. The van der Waals surface area contributed by atoms with Gasteiger partial charge in [0, 0.05) is 29.2 Å². The molecule has 0 aliphatic carbocycles. The molecular formula is C25H34N2O5Si. The van der Waals surface area contributed by atoms with Crippen molar-refractivity contribution in [3.8, 4) is 17.0 Å². The molecule has 0 radical (unpaired) electrons. The van der Waals surface area contributed by atoms with Gasteiger partial charge in [-0.1, -0.05) is 33.8 Å². The first-order valence-electron chi connectivity index (χ1n) is 11.1. The van der Waals surface area contributed by atoms with Gasteiger partial charge in [0.05, 0.1) is 19.4 Å². The summed E-state index contributed by atoms with van der Waals surface area (Å²) in [6.45, 7) is 13.5. The predicted octanol–water partition coefficient (Wildman–Crippen LogP) is 5.11. The van der Waals surface area contributed by atoms with E-state index in [9.17, 15) is 14.7 Å². The summed E-state index contributed by atoms with van der Waals surface area (Å²) >= 11 is 0. The number of esters is 1. The van der Waals surface area contributed by atoms with E-state index in [1.807, 2.05) is 32.2 Å². The van der Waals surface area contributed by atoms with Gasteiger partial charge >= 0.3 is 5.97 Å². The molecule has 0 aliphatic heterocycles. The molecule has 0 saturated carbocycles. The minimum atomic E-state index is -1.88. The number of aromatic nitrogens is 2. The molecule has 1 aromatic carbocycles. The van der Waals surface area contributed by atoms with Crippen LogP contribution in [0.2, 0.25) is 18.1 Å². The van der Waals surface area contributed by atoms with Crippen LogP contribution in [-0.2, 0) is 29.2 Å². The fourth-order valence-corrected chi connectivity index (χ4v) is 4.62. The number of hydrogen-bond donors (Lipinski definition) is 2. The summed E-state index contributed by atoms with van der Waals surface area (Å²) in [4.78, 5) is 27.3. The number of carbonyl (C=O) groups excluding carboxylic acids is 1. The highest BCUT2D eigenvalue weighted by atomic mass is 28.4. The van der Waals surface area contributed by atoms with Crippen molar-refractivity contribution in [2.45, 2.75) is 58.9 Å². The zero-order valence-electron chi connectivity index (χ0n) is 20.8. The van der Waals surface area contributed by atoms with Crippen molar-refractivity contribution in [2.75, 3.05) is 7.11 Å². The lowest BCUT2D eigenvalue weighted by atomic mass is 9.99. The fraction of sp³-hybridized carbons (Fsp3) is 0.440. The Hall–Kier alpha value is -2.84. The highest BCUT2D eigenvalue weighted by Crippen LogP contribution is 2.37. The summed E-state index contributed by atoms with van der Waals surface area (Å²) in [5.41, 5.74) is 2.81. The fourth-order valence-electron chi connectivity index (χ4n) is 3.68. The third kappa shape index (κ3) is 4.50. The number of pyridine rings is 1. The monoisotopic (exact) mass is 470 g/mol. The first kappa shape index (κ1) is 24.8. The van der Waals surface area contributed by atoms with Gasteiger partial charge in [0.2, 0.25) is 0 Å². The summed E-state index contributed by atoms with van der Waals surface area (Å²) in [5, 5.41) is 11.8. The Morgan fingerprint density at radius 3 is 2.45 bits per heavy atom. The van der Waals surface area contributed by atoms with Crippen LogP contribution in [0, 0.1) is 0 Å². The summed E-state index contributed by atoms with van der Waals surface area (Å²) < 4.78 is 13.2. The maximum absolute atomic E-state index is 12.6. The molecule has 33 heavy (non-hydrogen) atoms. The lowest BCUT2D eigenvalue weighted by Gasteiger charge is -2.36. The second kappa shape index (κ2) is 8.83. The molecule has 3 aromatic rings. The van der Waals surface area contributed by atoms with Crippen molar-refractivity contribution >= 4 is 25.2 Å². The zero-order chi connectivity index (χ0) is 24.7. The number of nitrogens with one attached hydrogen (secondary N) is 1. The quantitative estimate of drug-likeness (QED) is 0.386. The van der Waals surface area contributed by atoms with Gasteiger partial charge in [0.25, 0.3) is 5.56 Å². The summed E-state index contributed by atoms with van der Waals surface area (Å²) in [6, 6.07) is 7.97. The second-order valence-corrected chi connectivity index (χ2v) is 14.7. The Kier molecular flexibility index (Phi) is 6.64. The number of H-pyrrole nitrogens is 1. The number of rotatable bonds is 6. The Morgan fingerprint density at radius 1 is 1.21 bits per heavy atom. The van der Waals surface area contributed by atoms with Crippen LogP contribution in [0.25, 0.3) is 22.2 Å². The smallest absolute Gasteiger partial charge is 0.347 e. The first-order valence-corrected chi connectivity index (χ1v) is 14.0. The molecule has 0 amide bonds. The van der Waals surface area contributed by atoms with Crippen molar-refractivity contribution in [2.24, 2.45) is 7.05 Å². The van der Waals surface area contributed by atoms with Crippen molar-refractivity contribution in [1.82, 2.24) is 9.55 Å². The minimum absolute atomic E-state index is 0.131. The molecule has 0 atom stereocenters. The second-order valence-electron chi connectivity index (χ2n) is 9.89. The van der Waals surface area contributed by atoms with Crippen LogP contribution in [0.3, 0.4) is 0 Å². The number of benzene rings is 1. The van der Waals surface area contributed by atoms with Crippen LogP contribution in [-0.4, -0.2) is 36.1 Å². The average molecular weight is 471 g/mol. The minimum Gasteiger partial charge on any atom is -0.506 e. The Balaban J connectivity index is 2.05. The third-order valence-corrected chi connectivity index (χ3v) is 11.3. The maximum atomic E-state index is 12.6. The van der Waals surface area contributed by atoms with Gasteiger partial charge in [-0.05, 0) is 48.3 Å². The van der Waals surface area contributed by atoms with Crippen molar-refractivity contribution < 1.29 is 19.1 Å². The van der Waals surface area contributed by atoms with Crippen LogP contribution in [0.15, 0.2) is 29.1 Å². The van der Waals surface area contributed by atoms with Gasteiger partial charge in [-0.15, -0.1) is 0 Å². The van der Waals surface area contributed by atoms with E-state index in [1.54, 1.807) is 0 Å². The highest BCUT2D eigenvalue weighted by molar-refractivity contribution is 6.74. The van der Waals surface area contributed by atoms with E-state index in [0.717, 1.165) is 22.2 Å². The van der Waals surface area contributed by atoms with Gasteiger partial charge in [-0.2, -0.15) is 0 Å². The lowest BCUT2D eigenvalue weighted by molar-refractivity contribution is 0.0595. The summed E-state index contributed by atoms with van der Waals surface area (Å²) in [5.74, 6) is -1.19. The molecule has 2 aromatic heterocycles. The van der Waals surface area contributed by atoms with Gasteiger partial charge in [-0.3, -0.25) is 4.79 Å². The molecule has 178 valence electrons. The van der Waals surface area contributed by atoms with E-state index >= 15 is 0 Å². The topological polar surface area (TPSA) is 93.6 Å². The van der Waals surface area contributed by atoms with E-state index < -0.39 is 19.8 Å². The van der Waals surface area contributed by atoms with Crippen molar-refractivity contribution in [3.05, 3.63) is 51.4 Å². The molecule has 0 saturated heterocycles. The van der Waals surface area contributed by atoms with Crippen LogP contribution in [0.4, 0.5) is 0 Å². The molecule has 0 bridgehead atoms. The largest absolute Gasteiger partial charge is 0.506 e. The summed E-state index contributed by atoms with van der Waals surface area (Å²) in [6.07, 6.45) is 0.431. The number of methoxy groups -OCH3 is 1. The number of aromatic amines is 1. The summed E-state index contributed by atoms with van der Waals surface area (Å²) in [7, 11) is 1.31. The Morgan fingerprint density at radius 2 is 1.88 bits per heavy atom. The van der Waals surface area contributed by atoms with Gasteiger partial charge in [0.15, 0.2) is 13.9 Å². The van der Waals surface area contributed by atoms with Gasteiger partial charge < -0.3 is 23.8 Å². The average Bonchev–Trinajstić information content (AvgIpc) is 3.06. The number of ether oxygens (including phenoxy) is 1. The standard InChI is InChI=1S/C25H34N2O5Si/c1-9-18-21(26-23(29)20(22(18)28)24(30)31-6)15-10-11-19-16(12-15)13-17(27(19)5)14-32-33(7,8)25(2,3)4/h10-13H,9,14H2,1-8H3,(H2,26,28,29). The van der Waals surface area contributed by atoms with E-state index in [-0.39, 0.29) is 16.4 Å². The van der Waals surface area contributed by atoms with E-state index in [4.69, 9.17) is 4.43 Å². The molecule has 3 rings (SSSR count). The number of aromatic hydroxyl groups is 1. The molecule has 8 heteroatoms.